The summed E-state index contributed by atoms with van der Waals surface area (Å²) in [5.41, 5.74) is -0.314. The van der Waals surface area contributed by atoms with Gasteiger partial charge in [0.25, 0.3) is 11.1 Å². The number of benzene rings is 1. The lowest BCUT2D eigenvalue weighted by molar-refractivity contribution is 0.569. The van der Waals surface area contributed by atoms with Crippen molar-refractivity contribution in [3.8, 4) is 16.9 Å². The SMILES string of the molecule is Cc1cnc(-c2cccc(S(C)(=O)=O)c2F)c(F)c1-n1c(C)cc([C@H]2C[C@@H]2c2cc(Cl)c[nH]c2=O)c(Cl)c1=O. The van der Waals surface area contributed by atoms with Crippen LogP contribution in [0.3, 0.4) is 0 Å². The molecule has 12 heteroatoms. The Morgan fingerprint density at radius 3 is 2.44 bits per heavy atom. The number of rotatable bonds is 5. The van der Waals surface area contributed by atoms with E-state index in [4.69, 9.17) is 23.2 Å². The van der Waals surface area contributed by atoms with Crippen LogP contribution in [-0.2, 0) is 9.84 Å². The summed E-state index contributed by atoms with van der Waals surface area (Å²) in [6.45, 7) is 3.14. The fraction of sp³-hybridized carbons (Fsp3) is 0.222. The van der Waals surface area contributed by atoms with Crippen molar-refractivity contribution in [1.82, 2.24) is 14.5 Å². The van der Waals surface area contributed by atoms with E-state index in [0.29, 0.717) is 28.3 Å². The Balaban J connectivity index is 1.63. The van der Waals surface area contributed by atoms with Crippen molar-refractivity contribution in [2.45, 2.75) is 37.0 Å². The molecule has 7 nitrogen and oxygen atoms in total. The molecule has 4 aromatic rings. The highest BCUT2D eigenvalue weighted by Gasteiger charge is 2.43. The summed E-state index contributed by atoms with van der Waals surface area (Å²) >= 11 is 12.6. The molecule has 1 fully saturated rings. The molecule has 0 aliphatic heterocycles. The van der Waals surface area contributed by atoms with Crippen molar-refractivity contribution in [3.63, 3.8) is 0 Å². The zero-order chi connectivity index (χ0) is 28.4. The van der Waals surface area contributed by atoms with Crippen molar-refractivity contribution in [3.05, 3.63) is 107 Å². The van der Waals surface area contributed by atoms with Crippen LogP contribution in [0, 0.1) is 25.5 Å². The average molecular weight is 592 g/mol. The Kier molecular flexibility index (Phi) is 6.77. The number of hydrogen-bond donors (Lipinski definition) is 1. The number of nitrogens with zero attached hydrogens (tertiary/aromatic N) is 2. The van der Waals surface area contributed by atoms with E-state index in [-0.39, 0.29) is 39.2 Å². The predicted molar refractivity (Wildman–Crippen MR) is 145 cm³/mol. The second-order valence-corrected chi connectivity index (χ2v) is 12.4. The molecule has 1 aromatic carbocycles. The smallest absolute Gasteiger partial charge is 0.274 e. The van der Waals surface area contributed by atoms with Gasteiger partial charge in [-0.1, -0.05) is 29.3 Å². The van der Waals surface area contributed by atoms with Gasteiger partial charge in [0.05, 0.1) is 10.7 Å². The first-order chi connectivity index (χ1) is 18.3. The molecule has 0 spiro atoms. The van der Waals surface area contributed by atoms with Crippen LogP contribution < -0.4 is 11.1 Å². The lowest BCUT2D eigenvalue weighted by Gasteiger charge is -2.18. The molecule has 1 aliphatic carbocycles. The van der Waals surface area contributed by atoms with Gasteiger partial charge in [-0.2, -0.15) is 0 Å². The molecule has 1 aliphatic rings. The highest BCUT2D eigenvalue weighted by Crippen LogP contribution is 2.55. The van der Waals surface area contributed by atoms with E-state index in [1.807, 2.05) is 0 Å². The van der Waals surface area contributed by atoms with Gasteiger partial charge in [0, 0.05) is 35.5 Å². The summed E-state index contributed by atoms with van der Waals surface area (Å²) in [6, 6.07) is 6.83. The second-order valence-electron chi connectivity index (χ2n) is 9.59. The third-order valence-corrected chi connectivity index (χ3v) is 8.58. The number of H-pyrrole nitrogens is 1. The third kappa shape index (κ3) is 4.70. The van der Waals surface area contributed by atoms with Gasteiger partial charge in [-0.25, -0.2) is 17.2 Å². The summed E-state index contributed by atoms with van der Waals surface area (Å²) in [6.07, 6.45) is 4.09. The van der Waals surface area contributed by atoms with Crippen LogP contribution in [0.25, 0.3) is 16.9 Å². The standard InChI is InChI=1S/C27H21Cl2F2N3O4S/c1-12-10-32-24(15-5-4-6-20(22(15)30)39(3,37)38)23(31)25(12)34-13(2)7-18(21(29)27(34)36)16-9-17(16)19-8-14(28)11-33-26(19)35/h4-8,10-11,16-17H,9H2,1-3H3,(H,33,35)/t16-,17-/m0/s1. The van der Waals surface area contributed by atoms with Crippen LogP contribution in [0.15, 0.2) is 57.2 Å². The normalized spacial score (nSPS) is 16.9. The zero-order valence-electron chi connectivity index (χ0n) is 20.9. The second kappa shape index (κ2) is 9.69. The van der Waals surface area contributed by atoms with Crippen LogP contribution in [-0.4, -0.2) is 29.2 Å². The van der Waals surface area contributed by atoms with Gasteiger partial charge in [-0.15, -0.1) is 0 Å². The highest BCUT2D eigenvalue weighted by atomic mass is 35.5. The first-order valence-corrected chi connectivity index (χ1v) is 14.4. The van der Waals surface area contributed by atoms with Gasteiger partial charge >= 0.3 is 0 Å². The van der Waals surface area contributed by atoms with Crippen LogP contribution in [0.1, 0.15) is 40.6 Å². The maximum atomic E-state index is 16.0. The van der Waals surface area contributed by atoms with E-state index < -0.39 is 37.6 Å². The number of aromatic nitrogens is 3. The van der Waals surface area contributed by atoms with E-state index in [1.54, 1.807) is 19.1 Å². The van der Waals surface area contributed by atoms with Gasteiger partial charge in [-0.05, 0) is 67.5 Å². The maximum Gasteiger partial charge on any atom is 0.274 e. The van der Waals surface area contributed by atoms with E-state index in [9.17, 15) is 18.0 Å². The quantitative estimate of drug-likeness (QED) is 0.332. The number of pyridine rings is 3. The monoisotopic (exact) mass is 591 g/mol. The molecular formula is C27H21Cl2F2N3O4S. The molecule has 1 N–H and O–H groups in total. The van der Waals surface area contributed by atoms with Gasteiger partial charge in [-0.3, -0.25) is 19.1 Å². The van der Waals surface area contributed by atoms with Crippen molar-refractivity contribution >= 4 is 33.0 Å². The molecule has 202 valence electrons. The Morgan fingerprint density at radius 1 is 1.05 bits per heavy atom. The lowest BCUT2D eigenvalue weighted by Crippen LogP contribution is -2.24. The molecule has 0 bridgehead atoms. The Morgan fingerprint density at radius 2 is 1.74 bits per heavy atom. The highest BCUT2D eigenvalue weighted by molar-refractivity contribution is 7.90. The lowest BCUT2D eigenvalue weighted by atomic mass is 10.0. The van der Waals surface area contributed by atoms with Gasteiger partial charge in [0.1, 0.15) is 15.6 Å². The number of aryl methyl sites for hydroxylation is 2. The minimum absolute atomic E-state index is 0.131. The summed E-state index contributed by atoms with van der Waals surface area (Å²) in [5.74, 6) is -2.54. The van der Waals surface area contributed by atoms with E-state index in [0.717, 1.165) is 16.9 Å². The fourth-order valence-corrected chi connectivity index (χ4v) is 6.13. The molecule has 1 saturated carbocycles. The van der Waals surface area contributed by atoms with Gasteiger partial charge in [0.15, 0.2) is 21.5 Å². The van der Waals surface area contributed by atoms with Crippen molar-refractivity contribution < 1.29 is 17.2 Å². The fourth-order valence-electron chi connectivity index (χ4n) is 4.92. The van der Waals surface area contributed by atoms with Crippen LogP contribution in [0.5, 0.6) is 0 Å². The summed E-state index contributed by atoms with van der Waals surface area (Å²) < 4.78 is 56.2. The molecule has 3 aromatic heterocycles. The van der Waals surface area contributed by atoms with Crippen molar-refractivity contribution in [2.24, 2.45) is 0 Å². The Labute approximate surface area is 232 Å². The Hall–Kier alpha value is -3.34. The van der Waals surface area contributed by atoms with Gasteiger partial charge < -0.3 is 4.98 Å². The molecule has 0 amide bonds. The molecule has 5 rings (SSSR count). The molecule has 0 saturated heterocycles. The Bertz CT molecular complexity index is 1900. The molecule has 2 atom stereocenters. The van der Waals surface area contributed by atoms with Crippen LogP contribution >= 0.6 is 23.2 Å². The van der Waals surface area contributed by atoms with E-state index in [2.05, 4.69) is 9.97 Å². The zero-order valence-corrected chi connectivity index (χ0v) is 23.2. The topological polar surface area (TPSA) is 102 Å². The molecular weight excluding hydrogens is 571 g/mol. The minimum atomic E-state index is -3.93. The first kappa shape index (κ1) is 27.2. The van der Waals surface area contributed by atoms with Crippen molar-refractivity contribution in [1.29, 1.82) is 0 Å². The first-order valence-electron chi connectivity index (χ1n) is 11.8. The predicted octanol–water partition coefficient (Wildman–Crippen LogP) is 5.46. The molecule has 39 heavy (non-hydrogen) atoms. The number of aromatic amines is 1. The van der Waals surface area contributed by atoms with E-state index >= 15 is 8.78 Å². The molecule has 0 unspecified atom stereocenters. The number of hydrogen-bond acceptors (Lipinski definition) is 5. The van der Waals surface area contributed by atoms with E-state index in [1.165, 1.54) is 31.5 Å². The molecule has 0 radical (unpaired) electrons. The summed E-state index contributed by atoms with van der Waals surface area (Å²) in [5, 5.41) is 0.250. The largest absolute Gasteiger partial charge is 0.327 e. The summed E-state index contributed by atoms with van der Waals surface area (Å²) in [7, 11) is -3.93. The average Bonchev–Trinajstić information content (AvgIpc) is 3.65. The maximum absolute atomic E-state index is 16.0. The van der Waals surface area contributed by atoms with Crippen LogP contribution in [0.2, 0.25) is 10.0 Å². The van der Waals surface area contributed by atoms with Gasteiger partial charge in [0.2, 0.25) is 0 Å². The number of sulfone groups is 1. The minimum Gasteiger partial charge on any atom is -0.327 e. The van der Waals surface area contributed by atoms with Crippen molar-refractivity contribution in [2.75, 3.05) is 6.26 Å². The number of nitrogens with one attached hydrogen (secondary N) is 1. The summed E-state index contributed by atoms with van der Waals surface area (Å²) in [4.78, 5) is 31.8. The molecule has 3 heterocycles. The third-order valence-electron chi connectivity index (χ3n) is 6.87. The van der Waals surface area contributed by atoms with Crippen LogP contribution in [0.4, 0.5) is 8.78 Å². The number of halogens is 4.